The first-order valence-electron chi connectivity index (χ1n) is 9.92. The second kappa shape index (κ2) is 8.41. The molecule has 1 aromatic heterocycles. The van der Waals surface area contributed by atoms with Gasteiger partial charge >= 0.3 is 0 Å². The number of nitrogens with zero attached hydrogens (tertiary/aromatic N) is 4. The lowest BCUT2D eigenvalue weighted by molar-refractivity contribution is 0.0720. The smallest absolute Gasteiger partial charge is 0.276 e. The Morgan fingerprint density at radius 3 is 2.66 bits per heavy atom. The van der Waals surface area contributed by atoms with Gasteiger partial charge < -0.3 is 4.90 Å². The molecular formula is C19H24ClN5O3S. The Kier molecular flexibility index (Phi) is 5.89. The van der Waals surface area contributed by atoms with E-state index in [9.17, 15) is 13.2 Å². The highest BCUT2D eigenvalue weighted by atomic mass is 35.5. The van der Waals surface area contributed by atoms with Crippen LogP contribution in [0, 0.1) is 0 Å². The van der Waals surface area contributed by atoms with Gasteiger partial charge in [-0.05, 0) is 37.8 Å². The van der Waals surface area contributed by atoms with Crippen molar-refractivity contribution in [3.63, 3.8) is 0 Å². The average molecular weight is 438 g/mol. The van der Waals surface area contributed by atoms with Gasteiger partial charge in [-0.2, -0.15) is 0 Å². The molecule has 0 radical (unpaired) electrons. The molecule has 1 amide bonds. The number of amides is 1. The van der Waals surface area contributed by atoms with E-state index < -0.39 is 15.3 Å². The van der Waals surface area contributed by atoms with E-state index in [1.165, 1.54) is 10.9 Å². The molecule has 2 heterocycles. The summed E-state index contributed by atoms with van der Waals surface area (Å²) in [5.41, 5.74) is 0.798. The molecule has 1 N–H and O–H groups in total. The topological polar surface area (TPSA) is 97.2 Å². The molecule has 1 saturated heterocycles. The van der Waals surface area contributed by atoms with Gasteiger partial charge in [-0.15, -0.1) is 5.10 Å². The Balaban J connectivity index is 1.46. The van der Waals surface area contributed by atoms with Crippen LogP contribution in [0.25, 0.3) is 5.69 Å². The zero-order valence-electron chi connectivity index (χ0n) is 16.0. The Hall–Kier alpha value is -1.97. The summed E-state index contributed by atoms with van der Waals surface area (Å²) in [4.78, 5) is 14.5. The number of piperidine rings is 1. The Morgan fingerprint density at radius 1 is 1.14 bits per heavy atom. The molecule has 1 atom stereocenters. The van der Waals surface area contributed by atoms with Crippen molar-refractivity contribution >= 4 is 27.5 Å². The molecule has 2 fully saturated rings. The van der Waals surface area contributed by atoms with Crippen LogP contribution in [0.4, 0.5) is 0 Å². The summed E-state index contributed by atoms with van der Waals surface area (Å²) >= 11 is 6.18. The molecule has 8 nitrogen and oxygen atoms in total. The third-order valence-electron chi connectivity index (χ3n) is 5.60. The zero-order valence-corrected chi connectivity index (χ0v) is 17.6. The maximum Gasteiger partial charge on any atom is 0.276 e. The van der Waals surface area contributed by atoms with E-state index in [4.69, 9.17) is 11.6 Å². The van der Waals surface area contributed by atoms with Gasteiger partial charge in [0.15, 0.2) is 5.69 Å². The van der Waals surface area contributed by atoms with E-state index in [1.54, 1.807) is 17.0 Å². The predicted octanol–water partition coefficient (Wildman–Crippen LogP) is 2.39. The number of aromatic nitrogens is 3. The molecule has 29 heavy (non-hydrogen) atoms. The van der Waals surface area contributed by atoms with Crippen molar-refractivity contribution < 1.29 is 13.2 Å². The van der Waals surface area contributed by atoms with E-state index in [1.807, 2.05) is 12.1 Å². The molecule has 1 aliphatic heterocycles. The summed E-state index contributed by atoms with van der Waals surface area (Å²) in [7, 11) is -3.46. The lowest BCUT2D eigenvalue weighted by Gasteiger charge is -2.32. The van der Waals surface area contributed by atoms with E-state index in [0.29, 0.717) is 30.1 Å². The van der Waals surface area contributed by atoms with Crippen LogP contribution < -0.4 is 4.72 Å². The van der Waals surface area contributed by atoms with E-state index in [-0.39, 0.29) is 24.2 Å². The number of hydrogen-bond donors (Lipinski definition) is 1. The monoisotopic (exact) mass is 437 g/mol. The third-order valence-corrected chi connectivity index (χ3v) is 7.85. The predicted molar refractivity (Wildman–Crippen MR) is 110 cm³/mol. The molecule has 0 bridgehead atoms. The molecule has 1 saturated carbocycles. The molecule has 1 aliphatic carbocycles. The maximum absolute atomic E-state index is 12.9. The number of para-hydroxylation sites is 1. The minimum absolute atomic E-state index is 0.0293. The molecule has 10 heteroatoms. The van der Waals surface area contributed by atoms with Crippen molar-refractivity contribution in [1.29, 1.82) is 0 Å². The van der Waals surface area contributed by atoms with E-state index >= 15 is 0 Å². The van der Waals surface area contributed by atoms with Crippen LogP contribution in [0.15, 0.2) is 30.5 Å². The highest BCUT2D eigenvalue weighted by Gasteiger charge is 2.35. The van der Waals surface area contributed by atoms with Gasteiger partial charge in [0.2, 0.25) is 10.0 Å². The summed E-state index contributed by atoms with van der Waals surface area (Å²) in [6.45, 7) is 0.674. The third kappa shape index (κ3) is 4.46. The lowest BCUT2D eigenvalue weighted by Crippen LogP contribution is -2.50. The number of hydrogen-bond acceptors (Lipinski definition) is 5. The second-order valence-electron chi connectivity index (χ2n) is 7.66. The minimum Gasteiger partial charge on any atom is -0.336 e. The fourth-order valence-electron chi connectivity index (χ4n) is 4.03. The summed E-state index contributed by atoms with van der Waals surface area (Å²) in [5.74, 6) is -0.316. The van der Waals surface area contributed by atoms with Gasteiger partial charge in [-0.25, -0.2) is 17.8 Å². The largest absolute Gasteiger partial charge is 0.336 e. The van der Waals surface area contributed by atoms with Crippen LogP contribution in [0.2, 0.25) is 5.02 Å². The quantitative estimate of drug-likeness (QED) is 0.774. The first-order valence-corrected chi connectivity index (χ1v) is 11.8. The van der Waals surface area contributed by atoms with Gasteiger partial charge in [0.25, 0.3) is 5.91 Å². The summed E-state index contributed by atoms with van der Waals surface area (Å²) in [5, 5.41) is 7.88. The molecule has 156 valence electrons. The standard InChI is InChI=1S/C19H24ClN5O3S/c20-16-9-3-4-10-18(16)25-13-17(21-23-25)19(26)24-11-5-8-15(12-24)29(27,28)22-14-6-1-2-7-14/h3-4,9-10,13-15,22H,1-2,5-8,11-12H2/t15-/m1/s1. The summed E-state index contributed by atoms with van der Waals surface area (Å²) in [6, 6.07) is 7.17. The number of rotatable bonds is 5. The fraction of sp³-hybridized carbons (Fsp3) is 0.526. The number of likely N-dealkylation sites (tertiary alicyclic amines) is 1. The number of sulfonamides is 1. The molecule has 0 unspecified atom stereocenters. The Morgan fingerprint density at radius 2 is 1.90 bits per heavy atom. The second-order valence-corrected chi connectivity index (χ2v) is 10.1. The summed E-state index contributed by atoms with van der Waals surface area (Å²) in [6.07, 6.45) is 6.61. The Labute approximate surface area is 175 Å². The van der Waals surface area contributed by atoms with E-state index in [0.717, 1.165) is 25.7 Å². The fourth-order valence-corrected chi connectivity index (χ4v) is 6.00. The van der Waals surface area contributed by atoms with Gasteiger partial charge in [-0.3, -0.25) is 4.79 Å². The van der Waals surface area contributed by atoms with Gasteiger partial charge in [-0.1, -0.05) is 41.8 Å². The molecule has 2 aliphatic rings. The molecule has 2 aromatic rings. The van der Waals surface area contributed by atoms with E-state index in [2.05, 4.69) is 15.0 Å². The SMILES string of the molecule is O=C(c1cn(-c2ccccc2Cl)nn1)N1CCC[C@@H](S(=O)(=O)NC2CCCC2)C1. The first-order chi connectivity index (χ1) is 13.9. The molecule has 0 spiro atoms. The van der Waals surface area contributed by atoms with Crippen molar-refractivity contribution in [2.24, 2.45) is 0 Å². The normalized spacial score (nSPS) is 20.9. The lowest BCUT2D eigenvalue weighted by atomic mass is 10.1. The van der Waals surface area contributed by atoms with Crippen molar-refractivity contribution in [2.45, 2.75) is 49.8 Å². The van der Waals surface area contributed by atoms with Gasteiger partial charge in [0.1, 0.15) is 0 Å². The molecule has 1 aromatic carbocycles. The number of nitrogens with one attached hydrogen (secondary N) is 1. The van der Waals surface area contributed by atoms with Crippen LogP contribution >= 0.6 is 11.6 Å². The van der Waals surface area contributed by atoms with Crippen LogP contribution in [0.1, 0.15) is 49.0 Å². The number of benzene rings is 1. The number of carbonyl (C=O) groups excluding carboxylic acids is 1. The van der Waals surface area contributed by atoms with Crippen LogP contribution in [0.3, 0.4) is 0 Å². The van der Waals surface area contributed by atoms with Crippen molar-refractivity contribution in [3.05, 3.63) is 41.2 Å². The number of halogens is 1. The van der Waals surface area contributed by atoms with Crippen LogP contribution in [-0.4, -0.2) is 58.6 Å². The minimum atomic E-state index is -3.46. The highest BCUT2D eigenvalue weighted by Crippen LogP contribution is 2.23. The van der Waals surface area contributed by atoms with Gasteiger partial charge in [0, 0.05) is 19.1 Å². The zero-order chi connectivity index (χ0) is 20.4. The van der Waals surface area contributed by atoms with Crippen LogP contribution in [0.5, 0.6) is 0 Å². The molecule has 4 rings (SSSR count). The van der Waals surface area contributed by atoms with Crippen molar-refractivity contribution in [3.8, 4) is 5.69 Å². The van der Waals surface area contributed by atoms with Crippen molar-refractivity contribution in [1.82, 2.24) is 24.6 Å². The highest BCUT2D eigenvalue weighted by molar-refractivity contribution is 7.90. The van der Waals surface area contributed by atoms with Crippen molar-refractivity contribution in [2.75, 3.05) is 13.1 Å². The Bertz CT molecular complexity index is 987. The first kappa shape index (κ1) is 20.3. The molecular weight excluding hydrogens is 414 g/mol. The van der Waals surface area contributed by atoms with Crippen LogP contribution in [-0.2, 0) is 10.0 Å². The van der Waals surface area contributed by atoms with Gasteiger partial charge in [0.05, 0.1) is 22.2 Å². The average Bonchev–Trinajstić information content (AvgIpc) is 3.40. The summed E-state index contributed by atoms with van der Waals surface area (Å²) < 4.78 is 29.9. The number of carbonyl (C=O) groups is 1. The maximum atomic E-state index is 12.9.